The number of anilines is 1. The quantitative estimate of drug-likeness (QED) is 0.642. The molecule has 28 heavy (non-hydrogen) atoms. The van der Waals surface area contributed by atoms with Crippen LogP contribution in [0, 0.1) is 0 Å². The van der Waals surface area contributed by atoms with Crippen LogP contribution in [0.3, 0.4) is 0 Å². The summed E-state index contributed by atoms with van der Waals surface area (Å²) in [5.74, 6) is 0.868. The van der Waals surface area contributed by atoms with Crippen molar-refractivity contribution < 1.29 is 0 Å². The van der Waals surface area contributed by atoms with Crippen LogP contribution in [0.25, 0.3) is 22.5 Å². The second-order valence-electron chi connectivity index (χ2n) is 7.75. The summed E-state index contributed by atoms with van der Waals surface area (Å²) in [7, 11) is 2.10. The van der Waals surface area contributed by atoms with Crippen molar-refractivity contribution in [1.29, 1.82) is 0 Å². The number of hydrogen-bond acceptors (Lipinski definition) is 6. The molecule has 2 saturated heterocycles. The molecule has 5 heterocycles. The van der Waals surface area contributed by atoms with Gasteiger partial charge in [0.25, 0.3) is 5.56 Å². The van der Waals surface area contributed by atoms with Gasteiger partial charge in [-0.15, -0.1) is 10.2 Å². The largest absolute Gasteiger partial charge is 0.355 e. The van der Waals surface area contributed by atoms with Crippen molar-refractivity contribution in [3.8, 4) is 22.5 Å². The zero-order valence-electron chi connectivity index (χ0n) is 15.7. The van der Waals surface area contributed by atoms with Crippen LogP contribution in [0.15, 0.2) is 41.5 Å². The van der Waals surface area contributed by atoms with Crippen LogP contribution in [0.2, 0.25) is 0 Å². The standard InChI is InChI=1S/C20H23N7O/c1-27(15-8-13-2-3-14(9-15)23-13)19-7-6-18(25-26-19)17-5-4-16(20(28)24-17)12-10-21-22-11-12/h4-7,10-11,13-15,23H,2-3,8-9H2,1H3,(H,21,22)(H,24,28). The van der Waals surface area contributed by atoms with Crippen molar-refractivity contribution in [2.24, 2.45) is 0 Å². The Bertz CT molecular complexity index is 1000. The molecule has 0 amide bonds. The molecule has 2 aliphatic rings. The lowest BCUT2D eigenvalue weighted by molar-refractivity contribution is 0.353. The summed E-state index contributed by atoms with van der Waals surface area (Å²) in [6, 6.07) is 9.29. The highest BCUT2D eigenvalue weighted by Gasteiger charge is 2.35. The first-order chi connectivity index (χ1) is 13.7. The summed E-state index contributed by atoms with van der Waals surface area (Å²) in [5.41, 5.74) is 2.46. The van der Waals surface area contributed by atoms with Crippen molar-refractivity contribution in [2.75, 3.05) is 11.9 Å². The first-order valence-electron chi connectivity index (χ1n) is 9.73. The van der Waals surface area contributed by atoms with Gasteiger partial charge in [0.1, 0.15) is 5.69 Å². The van der Waals surface area contributed by atoms with Gasteiger partial charge in [-0.3, -0.25) is 9.89 Å². The van der Waals surface area contributed by atoms with Crippen LogP contribution in [0.4, 0.5) is 5.82 Å². The molecule has 2 bridgehead atoms. The summed E-state index contributed by atoms with van der Waals surface area (Å²) in [4.78, 5) is 17.5. The third-order valence-corrected chi connectivity index (χ3v) is 6.00. The predicted octanol–water partition coefficient (Wildman–Crippen LogP) is 1.94. The van der Waals surface area contributed by atoms with Crippen molar-refractivity contribution in [3.63, 3.8) is 0 Å². The van der Waals surface area contributed by atoms with E-state index in [4.69, 9.17) is 0 Å². The molecule has 0 saturated carbocycles. The molecule has 8 heteroatoms. The van der Waals surface area contributed by atoms with Gasteiger partial charge >= 0.3 is 0 Å². The number of fused-ring (bicyclic) bond motifs is 2. The Morgan fingerprint density at radius 2 is 1.89 bits per heavy atom. The van der Waals surface area contributed by atoms with E-state index in [1.54, 1.807) is 18.5 Å². The van der Waals surface area contributed by atoms with Gasteiger partial charge in [-0.1, -0.05) is 0 Å². The van der Waals surface area contributed by atoms with Crippen molar-refractivity contribution in [3.05, 3.63) is 47.0 Å². The highest BCUT2D eigenvalue weighted by Crippen LogP contribution is 2.31. The summed E-state index contributed by atoms with van der Waals surface area (Å²) >= 11 is 0. The second-order valence-corrected chi connectivity index (χ2v) is 7.75. The molecule has 2 fully saturated rings. The Hall–Kier alpha value is -3.00. The van der Waals surface area contributed by atoms with Crippen LogP contribution in [-0.4, -0.2) is 50.6 Å². The maximum atomic E-state index is 12.4. The van der Waals surface area contributed by atoms with E-state index in [2.05, 4.69) is 42.6 Å². The molecule has 3 aromatic rings. The van der Waals surface area contributed by atoms with E-state index < -0.39 is 0 Å². The molecule has 2 unspecified atom stereocenters. The smallest absolute Gasteiger partial charge is 0.256 e. The number of H-pyrrole nitrogens is 2. The summed E-state index contributed by atoms with van der Waals surface area (Å²) in [6.07, 6.45) is 8.19. The third-order valence-electron chi connectivity index (χ3n) is 6.00. The topological polar surface area (TPSA) is 103 Å². The predicted molar refractivity (Wildman–Crippen MR) is 107 cm³/mol. The number of nitrogens with zero attached hydrogens (tertiary/aromatic N) is 4. The maximum Gasteiger partial charge on any atom is 0.256 e. The second kappa shape index (κ2) is 6.87. The van der Waals surface area contributed by atoms with Gasteiger partial charge in [-0.05, 0) is 49.9 Å². The van der Waals surface area contributed by atoms with Gasteiger partial charge in [-0.25, -0.2) is 0 Å². The van der Waals surface area contributed by atoms with Gasteiger partial charge < -0.3 is 15.2 Å². The van der Waals surface area contributed by atoms with Gasteiger partial charge in [-0.2, -0.15) is 5.10 Å². The molecule has 0 radical (unpaired) electrons. The first kappa shape index (κ1) is 17.1. The van der Waals surface area contributed by atoms with Gasteiger partial charge in [0.15, 0.2) is 5.82 Å². The minimum Gasteiger partial charge on any atom is -0.355 e. The van der Waals surface area contributed by atoms with Crippen LogP contribution in [0.1, 0.15) is 25.7 Å². The number of aromatic nitrogens is 5. The van der Waals surface area contributed by atoms with Crippen molar-refractivity contribution in [2.45, 2.75) is 43.8 Å². The fourth-order valence-electron chi connectivity index (χ4n) is 4.44. The Morgan fingerprint density at radius 1 is 1.07 bits per heavy atom. The lowest BCUT2D eigenvalue weighted by Crippen LogP contribution is -2.47. The molecule has 0 aromatic carbocycles. The third kappa shape index (κ3) is 3.09. The summed E-state index contributed by atoms with van der Waals surface area (Å²) in [6.45, 7) is 0. The lowest BCUT2D eigenvalue weighted by atomic mass is 9.98. The molecule has 0 spiro atoms. The fourth-order valence-corrected chi connectivity index (χ4v) is 4.44. The van der Waals surface area contributed by atoms with Gasteiger partial charge in [0.2, 0.25) is 0 Å². The molecule has 2 aliphatic heterocycles. The van der Waals surface area contributed by atoms with Crippen molar-refractivity contribution in [1.82, 2.24) is 30.7 Å². The minimum atomic E-state index is -0.174. The van der Waals surface area contributed by atoms with E-state index in [-0.39, 0.29) is 5.56 Å². The van der Waals surface area contributed by atoms with Crippen LogP contribution in [-0.2, 0) is 0 Å². The van der Waals surface area contributed by atoms with E-state index in [0.29, 0.717) is 35.1 Å². The molecule has 0 aliphatic carbocycles. The molecular formula is C20H23N7O. The van der Waals surface area contributed by atoms with Crippen LogP contribution in [0.5, 0.6) is 0 Å². The number of piperidine rings is 1. The number of rotatable bonds is 4. The Kier molecular flexibility index (Phi) is 4.20. The van der Waals surface area contributed by atoms with E-state index in [1.807, 2.05) is 18.2 Å². The van der Waals surface area contributed by atoms with Crippen molar-refractivity contribution >= 4 is 5.82 Å². The number of nitrogens with one attached hydrogen (secondary N) is 3. The maximum absolute atomic E-state index is 12.4. The molecule has 3 N–H and O–H groups in total. The van der Waals surface area contributed by atoms with E-state index in [0.717, 1.165) is 24.2 Å². The molecule has 8 nitrogen and oxygen atoms in total. The number of hydrogen-bond donors (Lipinski definition) is 3. The van der Waals surface area contributed by atoms with E-state index >= 15 is 0 Å². The van der Waals surface area contributed by atoms with Crippen LogP contribution >= 0.6 is 0 Å². The Labute approximate surface area is 162 Å². The number of aromatic amines is 2. The SMILES string of the molecule is CN(c1ccc(-c2ccc(-c3cn[nH]c3)c(=O)[nH]2)nn1)C1CC2CCC(C1)N2. The highest BCUT2D eigenvalue weighted by molar-refractivity contribution is 5.64. The van der Waals surface area contributed by atoms with Gasteiger partial charge in [0, 0.05) is 36.9 Å². The molecule has 2 atom stereocenters. The summed E-state index contributed by atoms with van der Waals surface area (Å²) in [5, 5.41) is 19.1. The average molecular weight is 377 g/mol. The highest BCUT2D eigenvalue weighted by atomic mass is 16.1. The monoisotopic (exact) mass is 377 g/mol. The normalized spacial score (nSPS) is 23.7. The lowest BCUT2D eigenvalue weighted by Gasteiger charge is -2.36. The number of pyridine rings is 1. The van der Waals surface area contributed by atoms with Crippen LogP contribution < -0.4 is 15.8 Å². The molecule has 5 rings (SSSR count). The van der Waals surface area contributed by atoms with Gasteiger partial charge in [0.05, 0.1) is 17.5 Å². The molecule has 3 aromatic heterocycles. The Morgan fingerprint density at radius 3 is 2.54 bits per heavy atom. The average Bonchev–Trinajstić information content (AvgIpc) is 3.37. The summed E-state index contributed by atoms with van der Waals surface area (Å²) < 4.78 is 0. The zero-order chi connectivity index (χ0) is 19.1. The van der Waals surface area contributed by atoms with E-state index in [1.165, 1.54) is 12.8 Å². The zero-order valence-corrected chi connectivity index (χ0v) is 15.7. The molecular weight excluding hydrogens is 354 g/mol. The minimum absolute atomic E-state index is 0.174. The Balaban J connectivity index is 1.35. The fraction of sp³-hybridized carbons (Fsp3) is 0.400. The van der Waals surface area contributed by atoms with E-state index in [9.17, 15) is 4.79 Å². The first-order valence-corrected chi connectivity index (χ1v) is 9.73. The molecule has 144 valence electrons.